The SMILES string of the molecule is C#CC(C)N1C(=O)N=C(N)C1c1cccc(Cl)c1F. The van der Waals surface area contributed by atoms with E-state index in [9.17, 15) is 9.18 Å². The molecule has 0 spiro atoms. The second-order valence-electron chi connectivity index (χ2n) is 4.11. The summed E-state index contributed by atoms with van der Waals surface area (Å²) in [5, 5.41) is -0.0436. The number of amidine groups is 1. The van der Waals surface area contributed by atoms with Crippen LogP contribution in [0.3, 0.4) is 0 Å². The molecule has 98 valence electrons. The van der Waals surface area contributed by atoms with Crippen LogP contribution in [0.5, 0.6) is 0 Å². The molecule has 2 atom stereocenters. The Balaban J connectivity index is 2.53. The van der Waals surface area contributed by atoms with Crippen LogP contribution in [0.2, 0.25) is 5.02 Å². The van der Waals surface area contributed by atoms with Crippen molar-refractivity contribution >= 4 is 23.5 Å². The van der Waals surface area contributed by atoms with Crippen LogP contribution in [-0.2, 0) is 0 Å². The van der Waals surface area contributed by atoms with Gasteiger partial charge in [-0.2, -0.15) is 4.99 Å². The lowest BCUT2D eigenvalue weighted by Gasteiger charge is -2.27. The molecule has 2 amide bonds. The zero-order valence-electron chi connectivity index (χ0n) is 10.1. The number of terminal acetylenes is 1. The van der Waals surface area contributed by atoms with E-state index in [1.807, 2.05) is 0 Å². The van der Waals surface area contributed by atoms with Crippen molar-refractivity contribution in [2.75, 3.05) is 0 Å². The molecular formula is C13H11ClFN3O. The third-order valence-electron chi connectivity index (χ3n) is 2.94. The molecule has 0 aromatic heterocycles. The number of hydrogen-bond donors (Lipinski definition) is 1. The lowest BCUT2D eigenvalue weighted by atomic mass is 10.0. The van der Waals surface area contributed by atoms with Crippen molar-refractivity contribution in [1.29, 1.82) is 0 Å². The number of hydrogen-bond acceptors (Lipinski definition) is 2. The first-order valence-corrected chi connectivity index (χ1v) is 5.91. The highest BCUT2D eigenvalue weighted by molar-refractivity contribution is 6.30. The summed E-state index contributed by atoms with van der Waals surface area (Å²) >= 11 is 5.74. The van der Waals surface area contributed by atoms with E-state index in [1.54, 1.807) is 13.0 Å². The maximum absolute atomic E-state index is 14.1. The molecule has 0 aliphatic carbocycles. The van der Waals surface area contributed by atoms with Gasteiger partial charge in [0.1, 0.15) is 17.7 Å². The Labute approximate surface area is 115 Å². The molecule has 0 fully saturated rings. The Morgan fingerprint density at radius 1 is 1.63 bits per heavy atom. The molecule has 0 saturated carbocycles. The summed E-state index contributed by atoms with van der Waals surface area (Å²) in [4.78, 5) is 16.7. The van der Waals surface area contributed by atoms with Crippen LogP contribution in [0.4, 0.5) is 9.18 Å². The fourth-order valence-electron chi connectivity index (χ4n) is 1.99. The van der Waals surface area contributed by atoms with Crippen molar-refractivity contribution in [1.82, 2.24) is 4.90 Å². The van der Waals surface area contributed by atoms with E-state index >= 15 is 0 Å². The van der Waals surface area contributed by atoms with Crippen LogP contribution in [0.1, 0.15) is 18.5 Å². The lowest BCUT2D eigenvalue weighted by molar-refractivity contribution is 0.198. The van der Waals surface area contributed by atoms with E-state index < -0.39 is 23.9 Å². The number of carbonyl (C=O) groups excluding carboxylic acids is 1. The number of amides is 2. The highest BCUT2D eigenvalue weighted by Gasteiger charge is 2.38. The molecule has 0 bridgehead atoms. The molecule has 1 heterocycles. The van der Waals surface area contributed by atoms with Gasteiger partial charge < -0.3 is 5.73 Å². The van der Waals surface area contributed by atoms with Gasteiger partial charge in [-0.25, -0.2) is 9.18 Å². The van der Waals surface area contributed by atoms with Crippen molar-refractivity contribution in [3.63, 3.8) is 0 Å². The normalized spacial score (nSPS) is 20.1. The Morgan fingerprint density at radius 3 is 2.95 bits per heavy atom. The number of aliphatic imine (C=N–C) groups is 1. The van der Waals surface area contributed by atoms with Gasteiger partial charge in [-0.05, 0) is 13.0 Å². The molecular weight excluding hydrogens is 269 g/mol. The molecule has 1 aromatic rings. The van der Waals surface area contributed by atoms with Gasteiger partial charge in [-0.3, -0.25) is 4.90 Å². The van der Waals surface area contributed by atoms with Crippen LogP contribution >= 0.6 is 11.6 Å². The molecule has 0 radical (unpaired) electrons. The van der Waals surface area contributed by atoms with E-state index in [0.29, 0.717) is 0 Å². The molecule has 6 heteroatoms. The van der Waals surface area contributed by atoms with Crippen molar-refractivity contribution in [2.24, 2.45) is 10.7 Å². The molecule has 0 saturated heterocycles. The summed E-state index contributed by atoms with van der Waals surface area (Å²) in [5.74, 6) is 1.79. The highest BCUT2D eigenvalue weighted by atomic mass is 35.5. The van der Waals surface area contributed by atoms with Crippen LogP contribution in [0.15, 0.2) is 23.2 Å². The molecule has 19 heavy (non-hydrogen) atoms. The number of urea groups is 1. The maximum Gasteiger partial charge on any atom is 0.347 e. The van der Waals surface area contributed by atoms with Gasteiger partial charge in [0.15, 0.2) is 0 Å². The fraction of sp³-hybridized carbons (Fsp3) is 0.231. The van der Waals surface area contributed by atoms with E-state index in [1.165, 1.54) is 17.0 Å². The Kier molecular flexibility index (Phi) is 3.45. The van der Waals surface area contributed by atoms with Gasteiger partial charge in [0, 0.05) is 5.56 Å². The summed E-state index contributed by atoms with van der Waals surface area (Å²) in [7, 11) is 0. The number of rotatable bonds is 2. The van der Waals surface area contributed by atoms with Crippen LogP contribution in [-0.4, -0.2) is 22.8 Å². The minimum atomic E-state index is -0.822. The van der Waals surface area contributed by atoms with Crippen LogP contribution < -0.4 is 5.73 Å². The fourth-order valence-corrected chi connectivity index (χ4v) is 2.17. The van der Waals surface area contributed by atoms with E-state index in [-0.39, 0.29) is 16.4 Å². The smallest absolute Gasteiger partial charge is 0.347 e. The second kappa shape index (κ2) is 4.90. The number of nitrogens with zero attached hydrogens (tertiary/aromatic N) is 2. The number of benzene rings is 1. The second-order valence-corrected chi connectivity index (χ2v) is 4.52. The molecule has 1 aliphatic heterocycles. The summed E-state index contributed by atoms with van der Waals surface area (Å²) in [6, 6.07) is 2.54. The largest absolute Gasteiger partial charge is 0.385 e. The predicted molar refractivity (Wildman–Crippen MR) is 71.3 cm³/mol. The third kappa shape index (κ3) is 2.15. The van der Waals surface area contributed by atoms with Gasteiger partial charge in [-0.15, -0.1) is 6.42 Å². The molecule has 1 aromatic carbocycles. The van der Waals surface area contributed by atoms with Gasteiger partial charge in [0.05, 0.1) is 11.1 Å². The Hall–Kier alpha value is -2.06. The monoisotopic (exact) mass is 279 g/mol. The number of halogens is 2. The summed E-state index contributed by atoms with van der Waals surface area (Å²) in [6.07, 6.45) is 5.31. The first kappa shape index (κ1) is 13.4. The topological polar surface area (TPSA) is 58.7 Å². The van der Waals surface area contributed by atoms with Gasteiger partial charge >= 0.3 is 6.03 Å². The first-order chi connectivity index (χ1) is 8.97. The average molecular weight is 280 g/mol. The van der Waals surface area contributed by atoms with E-state index in [0.717, 1.165) is 0 Å². The van der Waals surface area contributed by atoms with Gasteiger partial charge in [0.25, 0.3) is 0 Å². The highest BCUT2D eigenvalue weighted by Crippen LogP contribution is 2.32. The van der Waals surface area contributed by atoms with E-state index in [2.05, 4.69) is 10.9 Å². The number of nitrogens with two attached hydrogens (primary N) is 1. The molecule has 4 nitrogen and oxygen atoms in total. The van der Waals surface area contributed by atoms with Crippen molar-refractivity contribution in [3.05, 3.63) is 34.6 Å². The molecule has 1 aliphatic rings. The van der Waals surface area contributed by atoms with Crippen molar-refractivity contribution < 1.29 is 9.18 Å². The van der Waals surface area contributed by atoms with Crippen molar-refractivity contribution in [2.45, 2.75) is 19.0 Å². The summed E-state index contributed by atoms with van der Waals surface area (Å²) in [5.41, 5.74) is 5.89. The molecule has 2 rings (SSSR count). The van der Waals surface area contributed by atoms with E-state index in [4.69, 9.17) is 23.8 Å². The van der Waals surface area contributed by atoms with Crippen LogP contribution in [0, 0.1) is 18.2 Å². The van der Waals surface area contributed by atoms with Crippen LogP contribution in [0.25, 0.3) is 0 Å². The zero-order chi connectivity index (χ0) is 14.2. The Bertz CT molecular complexity index is 608. The van der Waals surface area contributed by atoms with Crippen molar-refractivity contribution in [3.8, 4) is 12.3 Å². The molecule has 2 unspecified atom stereocenters. The maximum atomic E-state index is 14.1. The molecule has 2 N–H and O–H groups in total. The summed E-state index contributed by atoms with van der Waals surface area (Å²) < 4.78 is 14.1. The Morgan fingerprint density at radius 2 is 2.32 bits per heavy atom. The predicted octanol–water partition coefficient (Wildman–Crippen LogP) is 2.33. The minimum absolute atomic E-state index is 0.00765. The lowest BCUT2D eigenvalue weighted by Crippen LogP contribution is -2.39. The quantitative estimate of drug-likeness (QED) is 0.845. The number of carbonyl (C=O) groups is 1. The minimum Gasteiger partial charge on any atom is -0.385 e. The standard InChI is InChI=1S/C13H11ClFN3O/c1-3-7(2)18-11(12(16)17-13(18)19)8-5-4-6-9(14)10(8)15/h1,4-7,11H,2H3,(H2,16,17,19). The average Bonchev–Trinajstić information content (AvgIpc) is 2.67. The summed E-state index contributed by atoms with van der Waals surface area (Å²) in [6.45, 7) is 1.64. The zero-order valence-corrected chi connectivity index (χ0v) is 10.9. The first-order valence-electron chi connectivity index (χ1n) is 5.53. The third-order valence-corrected chi connectivity index (χ3v) is 3.23. The van der Waals surface area contributed by atoms with Gasteiger partial charge in [-0.1, -0.05) is 29.7 Å². The van der Waals surface area contributed by atoms with Gasteiger partial charge in [0.2, 0.25) is 0 Å².